The third-order valence-electron chi connectivity index (χ3n) is 11.7. The predicted octanol–water partition coefficient (Wildman–Crippen LogP) is 15.4. The van der Waals surface area contributed by atoms with Crippen LogP contribution in [0.2, 0.25) is 0 Å². The van der Waals surface area contributed by atoms with Crippen molar-refractivity contribution in [3.63, 3.8) is 0 Å². The van der Waals surface area contributed by atoms with Gasteiger partial charge in [0.2, 0.25) is 0 Å². The summed E-state index contributed by atoms with van der Waals surface area (Å²) in [6.45, 7) is 32.9. The Morgan fingerprint density at radius 3 is 2.22 bits per heavy atom. The summed E-state index contributed by atoms with van der Waals surface area (Å²) in [6, 6.07) is 8.24. The summed E-state index contributed by atoms with van der Waals surface area (Å²) in [5, 5.41) is 0. The van der Waals surface area contributed by atoms with Crippen LogP contribution in [0.25, 0.3) is 5.57 Å². The van der Waals surface area contributed by atoms with Gasteiger partial charge in [-0.15, -0.1) is 6.58 Å². The smallest absolute Gasteiger partial charge is 0.0484 e. The third-order valence-corrected chi connectivity index (χ3v) is 11.7. The summed E-state index contributed by atoms with van der Waals surface area (Å²) in [6.07, 6.45) is 51.5. The maximum atomic E-state index is 6.56. The van der Waals surface area contributed by atoms with Crippen LogP contribution in [0, 0.1) is 29.6 Å². The first-order valence-electron chi connectivity index (χ1n) is 21.0. The number of allylic oxidation sites excluding steroid dienone is 30. The van der Waals surface area contributed by atoms with Gasteiger partial charge in [-0.25, -0.2) is 0 Å². The second-order valence-corrected chi connectivity index (χ2v) is 15.9. The molecule has 2 bridgehead atoms. The maximum Gasteiger partial charge on any atom is 0.0484 e. The Bertz CT molecular complexity index is 2090. The fourth-order valence-corrected chi connectivity index (χ4v) is 7.97. The highest BCUT2D eigenvalue weighted by Gasteiger charge is 2.31. The summed E-state index contributed by atoms with van der Waals surface area (Å²) < 4.78 is 0. The van der Waals surface area contributed by atoms with Crippen LogP contribution < -0.4 is 5.73 Å². The first-order chi connectivity index (χ1) is 28.0. The Labute approximate surface area is 352 Å². The molecular weight excluding hydrogens is 699 g/mol. The zero-order valence-electron chi connectivity index (χ0n) is 35.9. The van der Waals surface area contributed by atoms with Crippen molar-refractivity contribution < 1.29 is 0 Å². The van der Waals surface area contributed by atoms with Crippen molar-refractivity contribution >= 4 is 5.57 Å². The molecule has 1 aromatic rings. The molecule has 6 atom stereocenters. The van der Waals surface area contributed by atoms with Gasteiger partial charge in [-0.3, -0.25) is 0 Å². The quantitative estimate of drug-likeness (QED) is 0.140. The molecule has 0 saturated carbocycles. The normalized spacial score (nSPS) is 25.0. The monoisotopic (exact) mass is 766 g/mol. The first-order valence-corrected chi connectivity index (χ1v) is 21.0. The zero-order valence-corrected chi connectivity index (χ0v) is 35.9. The van der Waals surface area contributed by atoms with Gasteiger partial charge >= 0.3 is 0 Å². The van der Waals surface area contributed by atoms with E-state index < -0.39 is 0 Å². The molecule has 0 amide bonds. The van der Waals surface area contributed by atoms with Crippen LogP contribution >= 0.6 is 0 Å². The van der Waals surface area contributed by atoms with Crippen LogP contribution in [0.4, 0.5) is 0 Å². The van der Waals surface area contributed by atoms with E-state index in [1.165, 1.54) is 22.3 Å². The van der Waals surface area contributed by atoms with Gasteiger partial charge in [0.15, 0.2) is 0 Å². The molecule has 1 nitrogen and oxygen atoms in total. The molecule has 0 aromatic heterocycles. The lowest BCUT2D eigenvalue weighted by molar-refractivity contribution is 0.337. The van der Waals surface area contributed by atoms with Crippen molar-refractivity contribution in [1.82, 2.24) is 0 Å². The SMILES string of the molecule is C=C/C=C\C(N)c1cccc(C(=C)/C=C(/C2=CC(C)=C(/C=C\C)C3C=CC=CC2C3)C(C)C(C)C(C=C)CC(=C)C2=C\C=C/C=C\C=C(C(=C)C)\C=C\CC\C=C\2)c1. The molecule has 300 valence electrons. The number of fused-ring (bicyclic) bond motifs is 2. The Morgan fingerprint density at radius 1 is 0.897 bits per heavy atom. The molecular formula is C57H67N. The standard InChI is InChI=1S/C57H67N/c1-11-14-35-57(58)53-34-25-33-50(39-53)43(7)37-55(56-38-44(8)54(26-12-2)51-31-23-24-32-52(56)40-51)46(10)45(9)47(13-3)36-42(6)49-29-21-17-15-19-27-48(41(4)5)28-20-16-18-22-30-49/h11-15,17,19-35,37-39,45-47,51-52,57H,1,3-4,6-7,16,18,36,40,58H2,2,5,8-10H3/b19-15-,21-17-,26-12-,28-20+,30-22+,35-14-,48-27-,49-29-,55-37+. The van der Waals surface area contributed by atoms with Crippen LogP contribution in [-0.4, -0.2) is 0 Å². The average Bonchev–Trinajstić information content (AvgIpc) is 3.54. The Kier molecular flexibility index (Phi) is 18.0. The molecule has 6 unspecified atom stereocenters. The van der Waals surface area contributed by atoms with E-state index >= 15 is 0 Å². The third kappa shape index (κ3) is 12.8. The largest absolute Gasteiger partial charge is 0.321 e. The minimum absolute atomic E-state index is 0.182. The van der Waals surface area contributed by atoms with Crippen LogP contribution in [0.3, 0.4) is 0 Å². The van der Waals surface area contributed by atoms with Crippen LogP contribution in [-0.2, 0) is 0 Å². The molecule has 0 spiro atoms. The van der Waals surface area contributed by atoms with E-state index in [4.69, 9.17) is 5.73 Å². The van der Waals surface area contributed by atoms with Crippen molar-refractivity contribution in [3.05, 3.63) is 247 Å². The second kappa shape index (κ2) is 23.0. The van der Waals surface area contributed by atoms with Crippen LogP contribution in [0.5, 0.6) is 0 Å². The minimum Gasteiger partial charge on any atom is -0.321 e. The lowest BCUT2D eigenvalue weighted by Gasteiger charge is -2.33. The number of benzene rings is 1. The van der Waals surface area contributed by atoms with E-state index in [9.17, 15) is 0 Å². The van der Waals surface area contributed by atoms with Gasteiger partial charge in [0.1, 0.15) is 0 Å². The highest BCUT2D eigenvalue weighted by Crippen LogP contribution is 2.44. The molecule has 0 aliphatic heterocycles. The van der Waals surface area contributed by atoms with E-state index in [2.05, 4.69) is 200 Å². The van der Waals surface area contributed by atoms with Crippen molar-refractivity contribution in [3.8, 4) is 0 Å². The number of hydrogen-bond acceptors (Lipinski definition) is 1. The lowest BCUT2D eigenvalue weighted by atomic mass is 9.72. The molecule has 58 heavy (non-hydrogen) atoms. The van der Waals surface area contributed by atoms with Gasteiger partial charge in [-0.2, -0.15) is 0 Å². The average molecular weight is 766 g/mol. The van der Waals surface area contributed by atoms with E-state index in [0.29, 0.717) is 5.92 Å². The lowest BCUT2D eigenvalue weighted by Crippen LogP contribution is -2.22. The number of nitrogens with two attached hydrogens (primary N) is 1. The molecule has 2 N–H and O–H groups in total. The second-order valence-electron chi connectivity index (χ2n) is 15.9. The minimum atomic E-state index is -0.229. The van der Waals surface area contributed by atoms with E-state index in [0.717, 1.165) is 64.7 Å². The molecule has 4 rings (SSSR count). The van der Waals surface area contributed by atoms with Crippen molar-refractivity contribution in [1.29, 1.82) is 0 Å². The fourth-order valence-electron chi connectivity index (χ4n) is 7.97. The molecule has 1 heteroatoms. The van der Waals surface area contributed by atoms with Gasteiger partial charge in [0.05, 0.1) is 0 Å². The topological polar surface area (TPSA) is 26.0 Å². The molecule has 3 aliphatic carbocycles. The molecule has 0 heterocycles. The van der Waals surface area contributed by atoms with Crippen molar-refractivity contribution in [2.75, 3.05) is 0 Å². The summed E-state index contributed by atoms with van der Waals surface area (Å²) in [5.74, 6) is 1.23. The van der Waals surface area contributed by atoms with Gasteiger partial charge in [-0.1, -0.05) is 198 Å². The summed E-state index contributed by atoms with van der Waals surface area (Å²) in [5.41, 5.74) is 19.5. The van der Waals surface area contributed by atoms with Crippen molar-refractivity contribution in [2.24, 2.45) is 35.3 Å². The van der Waals surface area contributed by atoms with Crippen molar-refractivity contribution in [2.45, 2.75) is 66.3 Å². The van der Waals surface area contributed by atoms with E-state index in [1.807, 2.05) is 19.1 Å². The maximum absolute atomic E-state index is 6.56. The Balaban J connectivity index is 1.74. The molecule has 0 saturated heterocycles. The molecule has 3 aliphatic rings. The van der Waals surface area contributed by atoms with Gasteiger partial charge in [0, 0.05) is 17.9 Å². The fraction of sp³-hybridized carbons (Fsp3) is 0.263. The van der Waals surface area contributed by atoms with Crippen LogP contribution in [0.1, 0.15) is 77.5 Å². The van der Waals surface area contributed by atoms with E-state index in [-0.39, 0.29) is 29.7 Å². The first kappa shape index (κ1) is 45.2. The summed E-state index contributed by atoms with van der Waals surface area (Å²) in [4.78, 5) is 0. The molecule has 1 aromatic carbocycles. The molecule has 0 fully saturated rings. The highest BCUT2D eigenvalue weighted by atomic mass is 14.6. The number of hydrogen-bond donors (Lipinski definition) is 1. The summed E-state index contributed by atoms with van der Waals surface area (Å²) in [7, 11) is 0. The highest BCUT2D eigenvalue weighted by molar-refractivity contribution is 5.75. The van der Waals surface area contributed by atoms with Gasteiger partial charge < -0.3 is 5.73 Å². The van der Waals surface area contributed by atoms with Gasteiger partial charge in [0.25, 0.3) is 0 Å². The summed E-state index contributed by atoms with van der Waals surface area (Å²) >= 11 is 0. The number of rotatable bonds is 15. The van der Waals surface area contributed by atoms with Gasteiger partial charge in [-0.05, 0) is 126 Å². The zero-order chi connectivity index (χ0) is 42.0. The van der Waals surface area contributed by atoms with E-state index in [1.54, 1.807) is 6.08 Å². The Hall–Kier alpha value is -5.50. The van der Waals surface area contributed by atoms with Crippen LogP contribution in [0.15, 0.2) is 235 Å². The predicted molar refractivity (Wildman–Crippen MR) is 258 cm³/mol. The Morgan fingerprint density at radius 2 is 1.57 bits per heavy atom. The molecule has 0 radical (unpaired) electrons.